The van der Waals surface area contributed by atoms with Gasteiger partial charge in [0.1, 0.15) is 6.33 Å². The van der Waals surface area contributed by atoms with Crippen LogP contribution in [0, 0.1) is 0 Å². The van der Waals surface area contributed by atoms with Gasteiger partial charge in [-0.3, -0.25) is 4.79 Å². The van der Waals surface area contributed by atoms with Gasteiger partial charge >= 0.3 is 0 Å². The molecule has 1 fully saturated rings. The van der Waals surface area contributed by atoms with Gasteiger partial charge in [0.2, 0.25) is 5.91 Å². The summed E-state index contributed by atoms with van der Waals surface area (Å²) in [6, 6.07) is 7.33. The van der Waals surface area contributed by atoms with Crippen LogP contribution in [0.2, 0.25) is 0 Å². The number of carbonyl (C=O) groups is 1. The van der Waals surface area contributed by atoms with Crippen molar-refractivity contribution in [2.24, 2.45) is 0 Å². The van der Waals surface area contributed by atoms with Crippen molar-refractivity contribution < 1.29 is 4.79 Å². The largest absolute Gasteiger partial charge is 0.323 e. The van der Waals surface area contributed by atoms with Crippen molar-refractivity contribution >= 4 is 11.6 Å². The Morgan fingerprint density at radius 3 is 3.05 bits per heavy atom. The number of rotatable bonds is 3. The molecule has 2 heterocycles. The second kappa shape index (κ2) is 5.15. The fourth-order valence-corrected chi connectivity index (χ4v) is 2.18. The van der Waals surface area contributed by atoms with Crippen LogP contribution in [-0.4, -0.2) is 38.7 Å². The average molecular weight is 258 g/mol. The number of aromatic nitrogens is 4. The fourth-order valence-electron chi connectivity index (χ4n) is 2.18. The van der Waals surface area contributed by atoms with Crippen LogP contribution in [0.25, 0.3) is 5.69 Å². The number of nitrogens with one attached hydrogen (secondary N) is 2. The molecule has 2 aromatic rings. The second-order valence-electron chi connectivity index (χ2n) is 4.41. The molecule has 2 N–H and O–H groups in total. The predicted molar refractivity (Wildman–Crippen MR) is 68.8 cm³/mol. The lowest BCUT2D eigenvalue weighted by molar-refractivity contribution is -0.117. The van der Waals surface area contributed by atoms with Crippen LogP contribution in [0.15, 0.2) is 30.6 Å². The van der Waals surface area contributed by atoms with Gasteiger partial charge in [0.15, 0.2) is 0 Å². The third kappa shape index (κ3) is 2.45. The van der Waals surface area contributed by atoms with Crippen molar-refractivity contribution in [2.45, 2.75) is 18.9 Å². The van der Waals surface area contributed by atoms with E-state index in [-0.39, 0.29) is 11.9 Å². The molecule has 0 spiro atoms. The molecule has 1 aromatic heterocycles. The van der Waals surface area contributed by atoms with E-state index in [1.54, 1.807) is 0 Å². The van der Waals surface area contributed by atoms with Gasteiger partial charge in [-0.15, -0.1) is 5.10 Å². The topological polar surface area (TPSA) is 84.7 Å². The number of benzene rings is 1. The van der Waals surface area contributed by atoms with E-state index in [0.29, 0.717) is 5.69 Å². The average Bonchev–Trinajstić information content (AvgIpc) is 3.13. The number of nitrogens with zero attached hydrogens (tertiary/aromatic N) is 4. The Balaban J connectivity index is 1.83. The number of anilines is 1. The zero-order chi connectivity index (χ0) is 13.1. The summed E-state index contributed by atoms with van der Waals surface area (Å²) in [6.07, 6.45) is 3.41. The first kappa shape index (κ1) is 11.8. The quantitative estimate of drug-likeness (QED) is 0.830. The fraction of sp³-hybridized carbons (Fsp3) is 0.333. The van der Waals surface area contributed by atoms with Gasteiger partial charge in [-0.1, -0.05) is 12.1 Å². The number of amides is 1. The lowest BCUT2D eigenvalue weighted by Gasteiger charge is -2.13. The van der Waals surface area contributed by atoms with Crippen molar-refractivity contribution in [3.8, 4) is 5.69 Å². The highest BCUT2D eigenvalue weighted by Gasteiger charge is 2.22. The summed E-state index contributed by atoms with van der Waals surface area (Å²) in [5, 5.41) is 17.1. The third-order valence-corrected chi connectivity index (χ3v) is 3.13. The molecular formula is C12H14N6O. The Labute approximate surface area is 110 Å². The molecule has 7 nitrogen and oxygen atoms in total. The van der Waals surface area contributed by atoms with Crippen LogP contribution in [0.4, 0.5) is 5.69 Å². The summed E-state index contributed by atoms with van der Waals surface area (Å²) in [5.41, 5.74) is 1.45. The first-order chi connectivity index (χ1) is 9.34. The van der Waals surface area contributed by atoms with Crippen molar-refractivity contribution in [3.63, 3.8) is 0 Å². The van der Waals surface area contributed by atoms with E-state index in [2.05, 4.69) is 26.2 Å². The van der Waals surface area contributed by atoms with E-state index < -0.39 is 0 Å². The van der Waals surface area contributed by atoms with Crippen molar-refractivity contribution in [1.29, 1.82) is 0 Å². The first-order valence-corrected chi connectivity index (χ1v) is 6.21. The molecule has 0 radical (unpaired) electrons. The van der Waals surface area contributed by atoms with Crippen LogP contribution in [0.3, 0.4) is 0 Å². The molecular weight excluding hydrogens is 244 g/mol. The Morgan fingerprint density at radius 2 is 2.32 bits per heavy atom. The molecule has 1 saturated heterocycles. The van der Waals surface area contributed by atoms with E-state index in [1.165, 1.54) is 11.0 Å². The molecule has 0 aliphatic carbocycles. The summed E-state index contributed by atoms with van der Waals surface area (Å²) >= 11 is 0. The van der Waals surface area contributed by atoms with Crippen LogP contribution in [-0.2, 0) is 4.79 Å². The highest BCUT2D eigenvalue weighted by molar-refractivity contribution is 5.96. The molecule has 98 valence electrons. The molecule has 0 unspecified atom stereocenters. The van der Waals surface area contributed by atoms with Crippen LogP contribution in [0.1, 0.15) is 12.8 Å². The maximum Gasteiger partial charge on any atom is 0.241 e. The lowest BCUT2D eigenvalue weighted by Crippen LogP contribution is -2.35. The van der Waals surface area contributed by atoms with Crippen molar-refractivity contribution in [2.75, 3.05) is 11.9 Å². The van der Waals surface area contributed by atoms with Gasteiger partial charge in [0.05, 0.1) is 17.4 Å². The van der Waals surface area contributed by atoms with Gasteiger partial charge < -0.3 is 10.6 Å². The number of tetrazole rings is 1. The highest BCUT2D eigenvalue weighted by atomic mass is 16.2. The van der Waals surface area contributed by atoms with E-state index in [9.17, 15) is 4.79 Å². The van der Waals surface area contributed by atoms with Gasteiger partial charge in [0.25, 0.3) is 0 Å². The normalized spacial score (nSPS) is 18.4. The summed E-state index contributed by atoms with van der Waals surface area (Å²) in [6.45, 7) is 0.896. The molecule has 1 aliphatic heterocycles. The number of para-hydroxylation sites is 2. The van der Waals surface area contributed by atoms with Gasteiger partial charge in [-0.2, -0.15) is 4.68 Å². The lowest BCUT2D eigenvalue weighted by atomic mass is 10.2. The Bertz CT molecular complexity index is 561. The maximum atomic E-state index is 12.1. The number of hydrogen-bond donors (Lipinski definition) is 2. The molecule has 19 heavy (non-hydrogen) atoms. The monoisotopic (exact) mass is 258 g/mol. The molecule has 3 rings (SSSR count). The third-order valence-electron chi connectivity index (χ3n) is 3.13. The smallest absolute Gasteiger partial charge is 0.241 e. The summed E-state index contributed by atoms with van der Waals surface area (Å²) < 4.78 is 1.53. The zero-order valence-corrected chi connectivity index (χ0v) is 10.3. The second-order valence-corrected chi connectivity index (χ2v) is 4.41. The molecule has 1 aromatic carbocycles. The molecule has 1 amide bonds. The minimum atomic E-state index is -0.109. The number of carbonyl (C=O) groups excluding carboxylic acids is 1. The van der Waals surface area contributed by atoms with Gasteiger partial charge in [0, 0.05) is 0 Å². The van der Waals surface area contributed by atoms with E-state index in [4.69, 9.17) is 0 Å². The maximum absolute atomic E-state index is 12.1. The van der Waals surface area contributed by atoms with Crippen LogP contribution >= 0.6 is 0 Å². The van der Waals surface area contributed by atoms with Crippen molar-refractivity contribution in [3.05, 3.63) is 30.6 Å². The predicted octanol–water partition coefficient (Wildman–Crippen LogP) is 0.353. The standard InChI is InChI=1S/C12H14N6O/c19-12(10-5-3-7-13-10)15-9-4-1-2-6-11(9)18-8-14-16-17-18/h1-2,4,6,8,10,13H,3,5,7H2,(H,15,19)/t10-/m0/s1. The van der Waals surface area contributed by atoms with E-state index in [0.717, 1.165) is 25.1 Å². The van der Waals surface area contributed by atoms with Crippen LogP contribution < -0.4 is 10.6 Å². The minimum Gasteiger partial charge on any atom is -0.323 e. The summed E-state index contributed by atoms with van der Waals surface area (Å²) in [5.74, 6) is -0.0157. The van der Waals surface area contributed by atoms with E-state index in [1.807, 2.05) is 24.3 Å². The molecule has 1 atom stereocenters. The van der Waals surface area contributed by atoms with Crippen LogP contribution in [0.5, 0.6) is 0 Å². The molecule has 7 heteroatoms. The first-order valence-electron chi connectivity index (χ1n) is 6.21. The summed E-state index contributed by atoms with van der Waals surface area (Å²) in [4.78, 5) is 12.1. The highest BCUT2D eigenvalue weighted by Crippen LogP contribution is 2.19. The van der Waals surface area contributed by atoms with Gasteiger partial charge in [-0.05, 0) is 41.9 Å². The Kier molecular flexibility index (Phi) is 3.20. The molecule has 1 aliphatic rings. The van der Waals surface area contributed by atoms with E-state index >= 15 is 0 Å². The molecule has 0 bridgehead atoms. The van der Waals surface area contributed by atoms with Gasteiger partial charge in [-0.25, -0.2) is 0 Å². The minimum absolute atomic E-state index is 0.0157. The zero-order valence-electron chi connectivity index (χ0n) is 10.3. The van der Waals surface area contributed by atoms with Crippen molar-refractivity contribution in [1.82, 2.24) is 25.5 Å². The Hall–Kier alpha value is -2.28. The number of hydrogen-bond acceptors (Lipinski definition) is 5. The Morgan fingerprint density at radius 1 is 1.42 bits per heavy atom. The summed E-state index contributed by atoms with van der Waals surface area (Å²) in [7, 11) is 0. The SMILES string of the molecule is O=C(Nc1ccccc1-n1cnnn1)[C@@H]1CCCN1. The molecule has 0 saturated carbocycles.